The van der Waals surface area contributed by atoms with Crippen molar-refractivity contribution in [2.45, 2.75) is 18.7 Å². The molecular formula is C7H14BNO5. The largest absolute Gasteiger partial charge is 0.481 e. The number of hydrogen-bond donors (Lipinski definition) is 2. The van der Waals surface area contributed by atoms with Crippen molar-refractivity contribution in [2.75, 3.05) is 13.8 Å². The third kappa shape index (κ3) is 5.55. The first kappa shape index (κ1) is 12.9. The summed E-state index contributed by atoms with van der Waals surface area (Å²) in [7, 11) is 1.28. The summed E-state index contributed by atoms with van der Waals surface area (Å²) >= 11 is 0. The second-order valence-electron chi connectivity index (χ2n) is 2.69. The fourth-order valence-corrected chi connectivity index (χ4v) is 0.883. The molecule has 0 saturated heterocycles. The topological polar surface area (TPSA) is 98.9 Å². The van der Waals surface area contributed by atoms with Gasteiger partial charge in [0.2, 0.25) is 0 Å². The molecule has 14 heavy (non-hydrogen) atoms. The Morgan fingerprint density at radius 2 is 2.21 bits per heavy atom. The molecule has 0 spiro atoms. The van der Waals surface area contributed by atoms with Crippen LogP contribution in [0.2, 0.25) is 5.82 Å². The van der Waals surface area contributed by atoms with Crippen LogP contribution in [-0.4, -0.2) is 38.4 Å². The lowest BCUT2D eigenvalue weighted by molar-refractivity contribution is -0.141. The highest BCUT2D eigenvalue weighted by Gasteiger charge is 2.20. The van der Waals surface area contributed by atoms with E-state index in [1.807, 2.05) is 0 Å². The van der Waals surface area contributed by atoms with E-state index in [0.717, 1.165) is 0 Å². The van der Waals surface area contributed by atoms with Gasteiger partial charge in [0, 0.05) is 6.42 Å². The zero-order valence-electron chi connectivity index (χ0n) is 8.06. The zero-order valence-corrected chi connectivity index (χ0v) is 8.06. The van der Waals surface area contributed by atoms with Crippen molar-refractivity contribution in [3.8, 4) is 0 Å². The second-order valence-corrected chi connectivity index (χ2v) is 2.69. The van der Waals surface area contributed by atoms with Gasteiger partial charge in [0.05, 0.1) is 19.7 Å². The summed E-state index contributed by atoms with van der Waals surface area (Å²) < 4.78 is 9.16. The molecule has 7 heteroatoms. The van der Waals surface area contributed by atoms with E-state index in [1.54, 1.807) is 0 Å². The second kappa shape index (κ2) is 7.34. The molecule has 0 fully saturated rings. The van der Waals surface area contributed by atoms with Crippen LogP contribution in [0.15, 0.2) is 0 Å². The number of carbonyl (C=O) groups is 2. The first-order chi connectivity index (χ1) is 6.61. The average molecular weight is 203 g/mol. The molecule has 0 radical (unpaired) electrons. The number of methoxy groups -OCH3 is 1. The number of carboxylic acids is 1. The van der Waals surface area contributed by atoms with E-state index >= 15 is 0 Å². The Labute approximate surface area is 82.6 Å². The van der Waals surface area contributed by atoms with Gasteiger partial charge in [-0.05, 0) is 6.42 Å². The normalized spacial score (nSPS) is 11.9. The number of esters is 1. The van der Waals surface area contributed by atoms with E-state index < -0.39 is 17.8 Å². The summed E-state index contributed by atoms with van der Waals surface area (Å²) in [6, 6.07) is 0. The Balaban J connectivity index is 3.84. The van der Waals surface area contributed by atoms with Gasteiger partial charge in [-0.15, -0.1) is 0 Å². The molecule has 1 unspecified atom stereocenters. The van der Waals surface area contributed by atoms with E-state index in [9.17, 15) is 9.59 Å². The van der Waals surface area contributed by atoms with Crippen molar-refractivity contribution in [2.24, 2.45) is 5.73 Å². The van der Waals surface area contributed by atoms with Gasteiger partial charge in [0.1, 0.15) is 0 Å². The third-order valence-corrected chi connectivity index (χ3v) is 1.71. The highest BCUT2D eigenvalue weighted by atomic mass is 16.5. The lowest BCUT2D eigenvalue weighted by atomic mass is 9.77. The smallest absolute Gasteiger partial charge is 0.305 e. The minimum absolute atomic E-state index is 0.0167. The van der Waals surface area contributed by atoms with Crippen molar-refractivity contribution < 1.29 is 24.1 Å². The van der Waals surface area contributed by atoms with Crippen LogP contribution in [-0.2, 0) is 19.0 Å². The standard InChI is InChI=1S/C7H14BNO5/c1-13-6(10)3-2-5(7(11)12)8-14-4-9/h5,8H,2-4,9H2,1H3,(H,11,12). The van der Waals surface area contributed by atoms with E-state index in [0.29, 0.717) is 0 Å². The fourth-order valence-electron chi connectivity index (χ4n) is 0.883. The lowest BCUT2D eigenvalue weighted by Gasteiger charge is -2.09. The molecule has 0 amide bonds. The molecule has 1 atom stereocenters. The van der Waals surface area contributed by atoms with E-state index in [1.165, 1.54) is 7.11 Å². The van der Waals surface area contributed by atoms with Gasteiger partial charge in [0.15, 0.2) is 0 Å². The quantitative estimate of drug-likeness (QED) is 0.316. The van der Waals surface area contributed by atoms with Gasteiger partial charge in [-0.3, -0.25) is 9.59 Å². The van der Waals surface area contributed by atoms with E-state index in [4.69, 9.17) is 15.5 Å². The first-order valence-corrected chi connectivity index (χ1v) is 4.19. The molecule has 0 aromatic rings. The Kier molecular flexibility index (Phi) is 6.78. The SMILES string of the molecule is COC(=O)CCC(BOCN)C(=O)O. The van der Waals surface area contributed by atoms with E-state index in [2.05, 4.69) is 4.74 Å². The van der Waals surface area contributed by atoms with Gasteiger partial charge >= 0.3 is 11.9 Å². The number of carbonyl (C=O) groups excluding carboxylic acids is 1. The molecular weight excluding hydrogens is 189 g/mol. The van der Waals surface area contributed by atoms with Gasteiger partial charge in [-0.25, -0.2) is 0 Å². The Morgan fingerprint density at radius 1 is 1.57 bits per heavy atom. The predicted octanol–water partition coefficient (Wildman–Crippen LogP) is -0.903. The highest BCUT2D eigenvalue weighted by molar-refractivity contribution is 6.36. The maximum atomic E-state index is 10.7. The van der Waals surface area contributed by atoms with Crippen LogP contribution >= 0.6 is 0 Å². The molecule has 0 saturated carbocycles. The van der Waals surface area contributed by atoms with Crippen LogP contribution in [0.5, 0.6) is 0 Å². The summed E-state index contributed by atoms with van der Waals surface area (Å²) in [6.07, 6.45) is 0.267. The molecule has 6 nitrogen and oxygen atoms in total. The molecule has 80 valence electrons. The van der Waals surface area contributed by atoms with Crippen LogP contribution in [0.1, 0.15) is 12.8 Å². The number of aliphatic carboxylic acids is 1. The summed E-state index contributed by atoms with van der Waals surface area (Å²) in [5, 5.41) is 8.71. The number of carboxylic acid groups (broad SMARTS) is 1. The molecule has 0 aromatic heterocycles. The predicted molar refractivity (Wildman–Crippen MR) is 49.9 cm³/mol. The Hall–Kier alpha value is -1.08. The minimum Gasteiger partial charge on any atom is -0.481 e. The van der Waals surface area contributed by atoms with Crippen molar-refractivity contribution in [1.29, 1.82) is 0 Å². The van der Waals surface area contributed by atoms with Crippen LogP contribution in [0.3, 0.4) is 0 Å². The van der Waals surface area contributed by atoms with E-state index in [-0.39, 0.29) is 27.1 Å². The maximum absolute atomic E-state index is 10.7. The van der Waals surface area contributed by atoms with Crippen LogP contribution < -0.4 is 5.73 Å². The van der Waals surface area contributed by atoms with Crippen molar-refractivity contribution >= 4 is 19.4 Å². The number of ether oxygens (including phenoxy) is 1. The molecule has 0 aliphatic carbocycles. The average Bonchev–Trinajstić information content (AvgIpc) is 2.16. The summed E-state index contributed by atoms with van der Waals surface area (Å²) in [6.45, 7) is -0.0258. The fraction of sp³-hybridized carbons (Fsp3) is 0.714. The summed E-state index contributed by atoms with van der Waals surface area (Å²) in [5.41, 5.74) is 5.05. The van der Waals surface area contributed by atoms with Gasteiger partial charge < -0.3 is 20.2 Å². The molecule has 3 N–H and O–H groups in total. The van der Waals surface area contributed by atoms with Gasteiger partial charge in [-0.2, -0.15) is 0 Å². The van der Waals surface area contributed by atoms with Gasteiger partial charge in [0.25, 0.3) is 7.48 Å². The summed E-state index contributed by atoms with van der Waals surface area (Å²) in [4.78, 5) is 21.4. The van der Waals surface area contributed by atoms with Crippen molar-refractivity contribution in [3.63, 3.8) is 0 Å². The molecule has 0 aliphatic rings. The molecule has 0 aliphatic heterocycles. The Morgan fingerprint density at radius 3 is 2.64 bits per heavy atom. The van der Waals surface area contributed by atoms with Crippen LogP contribution in [0, 0.1) is 0 Å². The molecule has 0 rings (SSSR count). The first-order valence-electron chi connectivity index (χ1n) is 4.19. The molecule has 0 bridgehead atoms. The summed E-state index contributed by atoms with van der Waals surface area (Å²) in [5.74, 6) is -2.14. The minimum atomic E-state index is -0.998. The van der Waals surface area contributed by atoms with Crippen molar-refractivity contribution in [1.82, 2.24) is 0 Å². The monoisotopic (exact) mass is 203 g/mol. The number of rotatable bonds is 7. The highest BCUT2D eigenvalue weighted by Crippen LogP contribution is 2.12. The maximum Gasteiger partial charge on any atom is 0.305 e. The zero-order chi connectivity index (χ0) is 11.0. The molecule has 0 aromatic carbocycles. The number of nitrogens with two attached hydrogens (primary N) is 1. The third-order valence-electron chi connectivity index (χ3n) is 1.71. The Bertz CT molecular complexity index is 199. The lowest BCUT2D eigenvalue weighted by Crippen LogP contribution is -2.21. The molecule has 0 heterocycles. The van der Waals surface area contributed by atoms with Crippen LogP contribution in [0.25, 0.3) is 0 Å². The van der Waals surface area contributed by atoms with Gasteiger partial charge in [-0.1, -0.05) is 0 Å². The van der Waals surface area contributed by atoms with Crippen LogP contribution in [0.4, 0.5) is 0 Å². The van der Waals surface area contributed by atoms with Crippen molar-refractivity contribution in [3.05, 3.63) is 0 Å². The number of hydrogen-bond acceptors (Lipinski definition) is 5.